The van der Waals surface area contributed by atoms with Crippen LogP contribution in [0.25, 0.3) is 11.3 Å². The topological polar surface area (TPSA) is 82.3 Å². The van der Waals surface area contributed by atoms with E-state index in [2.05, 4.69) is 49.8 Å². The van der Waals surface area contributed by atoms with Crippen LogP contribution in [0.15, 0.2) is 48.7 Å². The van der Waals surface area contributed by atoms with Gasteiger partial charge in [0.25, 0.3) is 5.91 Å². The normalized spacial score (nSPS) is 16.3. The fourth-order valence-corrected chi connectivity index (χ4v) is 3.84. The van der Waals surface area contributed by atoms with Crippen molar-refractivity contribution in [1.29, 1.82) is 0 Å². The van der Waals surface area contributed by atoms with Crippen LogP contribution in [0.4, 0.5) is 17.2 Å². The number of nitrogens with zero attached hydrogens (tertiary/aromatic N) is 2. The van der Waals surface area contributed by atoms with Crippen molar-refractivity contribution in [3.8, 4) is 11.3 Å². The average Bonchev–Trinajstić information content (AvgIpc) is 3.21. The molecular formula is C22H23N5O2. The number of aromatic nitrogens is 2. The number of carbonyl (C=O) groups is 1. The Balaban J connectivity index is 1.33. The van der Waals surface area contributed by atoms with Gasteiger partial charge in [-0.3, -0.25) is 4.79 Å². The van der Waals surface area contributed by atoms with Crippen LogP contribution in [0.5, 0.6) is 0 Å². The Morgan fingerprint density at radius 2 is 1.90 bits per heavy atom. The third-order valence-corrected chi connectivity index (χ3v) is 5.39. The number of aromatic amines is 1. The molecule has 0 bridgehead atoms. The molecule has 3 N–H and O–H groups in total. The maximum Gasteiger partial charge on any atom is 0.253 e. The highest BCUT2D eigenvalue weighted by Crippen LogP contribution is 2.27. The van der Waals surface area contributed by atoms with Crippen molar-refractivity contribution in [1.82, 2.24) is 15.3 Å². The molecule has 2 aliphatic heterocycles. The predicted octanol–water partition coefficient (Wildman–Crippen LogP) is 2.94. The molecule has 0 unspecified atom stereocenters. The Morgan fingerprint density at radius 1 is 1.07 bits per heavy atom. The molecular weight excluding hydrogens is 366 g/mol. The van der Waals surface area contributed by atoms with Crippen LogP contribution in [0, 0.1) is 0 Å². The molecule has 3 aromatic rings. The van der Waals surface area contributed by atoms with Crippen LogP contribution in [-0.2, 0) is 11.2 Å². The number of benzene rings is 1. The third-order valence-electron chi connectivity index (χ3n) is 5.39. The Kier molecular flexibility index (Phi) is 4.65. The molecule has 7 nitrogen and oxygen atoms in total. The van der Waals surface area contributed by atoms with E-state index < -0.39 is 0 Å². The molecule has 0 saturated carbocycles. The number of rotatable bonds is 4. The van der Waals surface area contributed by atoms with Crippen molar-refractivity contribution in [2.45, 2.75) is 6.42 Å². The highest BCUT2D eigenvalue weighted by molar-refractivity contribution is 5.97. The monoisotopic (exact) mass is 389 g/mol. The summed E-state index contributed by atoms with van der Waals surface area (Å²) in [5.74, 6) is 0.750. The van der Waals surface area contributed by atoms with E-state index in [0.717, 1.165) is 66.7 Å². The van der Waals surface area contributed by atoms with Crippen LogP contribution < -0.4 is 15.5 Å². The van der Waals surface area contributed by atoms with Gasteiger partial charge in [0.2, 0.25) is 0 Å². The lowest BCUT2D eigenvalue weighted by Gasteiger charge is -2.28. The van der Waals surface area contributed by atoms with E-state index in [4.69, 9.17) is 4.74 Å². The zero-order valence-corrected chi connectivity index (χ0v) is 16.1. The van der Waals surface area contributed by atoms with Gasteiger partial charge in [-0.05, 0) is 42.5 Å². The maximum absolute atomic E-state index is 12.0. The fraction of sp³-hybridized carbons (Fsp3) is 0.273. The number of nitrogens with one attached hydrogen (secondary N) is 3. The maximum atomic E-state index is 12.0. The molecule has 148 valence electrons. The lowest BCUT2D eigenvalue weighted by Crippen LogP contribution is -2.36. The molecule has 29 heavy (non-hydrogen) atoms. The van der Waals surface area contributed by atoms with E-state index >= 15 is 0 Å². The summed E-state index contributed by atoms with van der Waals surface area (Å²) in [5.41, 5.74) is 5.84. The SMILES string of the molecule is O=C1NCCc2[nH]c(-c3ccnc(Nc4ccc(N5CCOCC5)cc4)c3)cc21. The summed E-state index contributed by atoms with van der Waals surface area (Å²) in [7, 11) is 0. The summed E-state index contributed by atoms with van der Waals surface area (Å²) in [6.07, 6.45) is 2.60. The first kappa shape index (κ1) is 17.8. The standard InChI is InChI=1S/C22H23N5O2/c28-22-18-14-20(26-19(18)6-8-24-22)15-5-7-23-21(13-15)25-16-1-3-17(4-2-16)27-9-11-29-12-10-27/h1-5,7,13-14,26H,6,8-12H2,(H,23,25)(H,24,28). The van der Waals surface area contributed by atoms with Crippen molar-refractivity contribution in [3.63, 3.8) is 0 Å². The number of amides is 1. The molecule has 0 aliphatic carbocycles. The second-order valence-electron chi connectivity index (χ2n) is 7.28. The molecule has 1 saturated heterocycles. The average molecular weight is 389 g/mol. The minimum absolute atomic E-state index is 0.0125. The first-order valence-electron chi connectivity index (χ1n) is 9.92. The molecule has 7 heteroatoms. The minimum Gasteiger partial charge on any atom is -0.378 e. The van der Waals surface area contributed by atoms with E-state index in [1.165, 1.54) is 5.69 Å². The van der Waals surface area contributed by atoms with Crippen molar-refractivity contribution < 1.29 is 9.53 Å². The number of hydrogen-bond acceptors (Lipinski definition) is 5. The number of carbonyl (C=O) groups excluding carboxylic acids is 1. The Morgan fingerprint density at radius 3 is 2.69 bits per heavy atom. The van der Waals surface area contributed by atoms with Gasteiger partial charge in [-0.1, -0.05) is 0 Å². The van der Waals surface area contributed by atoms with Gasteiger partial charge < -0.3 is 25.3 Å². The summed E-state index contributed by atoms with van der Waals surface area (Å²) in [4.78, 5) is 22.2. The van der Waals surface area contributed by atoms with Crippen LogP contribution in [0.2, 0.25) is 0 Å². The number of morpholine rings is 1. The molecule has 1 amide bonds. The van der Waals surface area contributed by atoms with Crippen LogP contribution in [0.3, 0.4) is 0 Å². The van der Waals surface area contributed by atoms with Gasteiger partial charge in [0.05, 0.1) is 18.8 Å². The van der Waals surface area contributed by atoms with E-state index in [1.54, 1.807) is 6.20 Å². The number of anilines is 3. The fourth-order valence-electron chi connectivity index (χ4n) is 3.84. The van der Waals surface area contributed by atoms with E-state index in [1.807, 2.05) is 18.2 Å². The quantitative estimate of drug-likeness (QED) is 0.639. The highest BCUT2D eigenvalue weighted by atomic mass is 16.5. The molecule has 1 fully saturated rings. The number of pyridine rings is 1. The van der Waals surface area contributed by atoms with Crippen molar-refractivity contribution in [2.24, 2.45) is 0 Å². The first-order chi connectivity index (χ1) is 14.3. The molecule has 5 rings (SSSR count). The second-order valence-corrected chi connectivity index (χ2v) is 7.28. The molecule has 0 radical (unpaired) electrons. The molecule has 2 aliphatic rings. The smallest absolute Gasteiger partial charge is 0.253 e. The summed E-state index contributed by atoms with van der Waals surface area (Å²) in [6, 6.07) is 14.2. The van der Waals surface area contributed by atoms with Crippen LogP contribution >= 0.6 is 0 Å². The van der Waals surface area contributed by atoms with E-state index in [9.17, 15) is 4.79 Å². The van der Waals surface area contributed by atoms with Crippen molar-refractivity contribution in [3.05, 3.63) is 59.9 Å². The predicted molar refractivity (Wildman–Crippen MR) is 113 cm³/mol. The lowest BCUT2D eigenvalue weighted by molar-refractivity contribution is 0.0946. The minimum atomic E-state index is -0.0125. The Hall–Kier alpha value is -3.32. The van der Waals surface area contributed by atoms with E-state index in [0.29, 0.717) is 6.54 Å². The van der Waals surface area contributed by atoms with Crippen LogP contribution in [-0.4, -0.2) is 48.7 Å². The van der Waals surface area contributed by atoms with Crippen molar-refractivity contribution >= 4 is 23.1 Å². The zero-order chi connectivity index (χ0) is 19.6. The summed E-state index contributed by atoms with van der Waals surface area (Å²) in [5, 5.41) is 6.25. The van der Waals surface area contributed by atoms with Gasteiger partial charge in [-0.2, -0.15) is 0 Å². The third kappa shape index (κ3) is 3.69. The number of ether oxygens (including phenoxy) is 1. The lowest BCUT2D eigenvalue weighted by atomic mass is 10.1. The number of hydrogen-bond donors (Lipinski definition) is 3. The van der Waals surface area contributed by atoms with Gasteiger partial charge in [0.1, 0.15) is 5.82 Å². The number of H-pyrrole nitrogens is 1. The Bertz CT molecular complexity index is 1020. The van der Waals surface area contributed by atoms with Gasteiger partial charge in [0, 0.05) is 60.6 Å². The van der Waals surface area contributed by atoms with Crippen molar-refractivity contribution in [2.75, 3.05) is 43.1 Å². The van der Waals surface area contributed by atoms with Gasteiger partial charge in [-0.25, -0.2) is 4.98 Å². The molecule has 4 heterocycles. The van der Waals surface area contributed by atoms with Gasteiger partial charge in [0.15, 0.2) is 0 Å². The van der Waals surface area contributed by atoms with Gasteiger partial charge >= 0.3 is 0 Å². The molecule has 1 aromatic carbocycles. The zero-order valence-electron chi connectivity index (χ0n) is 16.1. The summed E-state index contributed by atoms with van der Waals surface area (Å²) >= 11 is 0. The summed E-state index contributed by atoms with van der Waals surface area (Å²) < 4.78 is 5.42. The first-order valence-corrected chi connectivity index (χ1v) is 9.92. The van der Waals surface area contributed by atoms with E-state index in [-0.39, 0.29) is 5.91 Å². The molecule has 0 spiro atoms. The number of fused-ring (bicyclic) bond motifs is 1. The van der Waals surface area contributed by atoms with Crippen LogP contribution in [0.1, 0.15) is 16.1 Å². The molecule has 0 atom stereocenters. The largest absolute Gasteiger partial charge is 0.378 e. The summed E-state index contributed by atoms with van der Waals surface area (Å²) in [6.45, 7) is 4.08. The Labute approximate surface area is 169 Å². The second kappa shape index (κ2) is 7.60. The van der Waals surface area contributed by atoms with Gasteiger partial charge in [-0.15, -0.1) is 0 Å². The highest BCUT2D eigenvalue weighted by Gasteiger charge is 2.20. The molecule has 2 aromatic heterocycles.